The molecular weight excluding hydrogens is 600 g/mol. The average Bonchev–Trinajstić information content (AvgIpc) is 3.84. The smallest absolute Gasteiger partial charge is 0.309 e. The quantitative estimate of drug-likeness (QED) is 0.0904. The van der Waals surface area contributed by atoms with Gasteiger partial charge in [0.25, 0.3) is 0 Å². The minimum Gasteiger partial charge on any atom is -0.462 e. The number of fused-ring (bicyclic) bond motifs is 5. The number of carbonyl (C=O) groups excluding carboxylic acids is 3. The Morgan fingerprint density at radius 2 is 1.62 bits per heavy atom. The number of ether oxygens (including phenoxy) is 3. The zero-order valence-electron chi connectivity index (χ0n) is 30.0. The molecule has 0 aromatic carbocycles. The van der Waals surface area contributed by atoms with Crippen molar-refractivity contribution in [1.82, 2.24) is 0 Å². The van der Waals surface area contributed by atoms with E-state index in [4.69, 9.17) is 14.2 Å². The molecule has 11 atom stereocenters. The molecule has 4 aliphatic carbocycles. The largest absolute Gasteiger partial charge is 0.462 e. The molecule has 47 heavy (non-hydrogen) atoms. The Hall–Kier alpha value is -1.81. The van der Waals surface area contributed by atoms with Crippen LogP contribution >= 0.6 is 0 Å². The van der Waals surface area contributed by atoms with Crippen LogP contribution in [-0.2, 0) is 28.6 Å². The van der Waals surface area contributed by atoms with Crippen LogP contribution < -0.4 is 0 Å². The average molecular weight is 661 g/mol. The zero-order chi connectivity index (χ0) is 34.7. The molecule has 3 N–H and O–H groups in total. The zero-order valence-corrected chi connectivity index (χ0v) is 30.0. The topological polar surface area (TPSA) is 143 Å². The fraction of sp³-hybridized carbons (Fsp3) is 0.868. The van der Waals surface area contributed by atoms with Crippen molar-refractivity contribution >= 4 is 17.7 Å². The van der Waals surface area contributed by atoms with Crippen molar-refractivity contribution in [2.75, 3.05) is 6.61 Å². The molecule has 3 saturated carbocycles. The highest BCUT2D eigenvalue weighted by Crippen LogP contribution is 2.78. The maximum absolute atomic E-state index is 15.0. The number of ketones is 1. The number of Topliss-reactive ketones (excluding diaryl/α,β-unsaturated/α-hetero) is 1. The van der Waals surface area contributed by atoms with E-state index in [0.717, 1.165) is 19.3 Å². The van der Waals surface area contributed by atoms with Gasteiger partial charge in [0.05, 0.1) is 17.3 Å². The van der Waals surface area contributed by atoms with Crippen molar-refractivity contribution < 1.29 is 43.9 Å². The predicted octanol–water partition coefficient (Wildman–Crippen LogP) is 5.46. The molecule has 2 bridgehead atoms. The third-order valence-corrected chi connectivity index (χ3v) is 13.3. The number of aliphatic hydroxyl groups excluding tert-OH is 2. The molecule has 5 rings (SSSR count). The summed E-state index contributed by atoms with van der Waals surface area (Å²) in [5, 5.41) is 36.1. The van der Waals surface area contributed by atoms with Crippen LogP contribution in [0.3, 0.4) is 0 Å². The maximum Gasteiger partial charge on any atom is 0.309 e. The van der Waals surface area contributed by atoms with Crippen LogP contribution in [-0.4, -0.2) is 74.8 Å². The fourth-order valence-corrected chi connectivity index (χ4v) is 9.92. The molecule has 9 heteroatoms. The standard InChI is InChI=1S/C38H60O9/c1-9-10-11-12-13-14-15-16-17-18-26(39)46-37-20-24(5)35-19-23(4)29(40)38(35,44)33(43)36(21-45-32(42)25(6)22(2)3)31(47-36)27(30(35)41)28(37)34(37,7)8/h19,22,24-25,27-29,31,33,40,43-44H,9-18,20-21H2,1-8H3/t24?,25?,27-,28?,29-,31?,33+,35?,36?,37-,38+/m0/s1. The summed E-state index contributed by atoms with van der Waals surface area (Å²) in [5.41, 5.74) is -6.73. The maximum atomic E-state index is 15.0. The number of carbonyl (C=O) groups is 3. The van der Waals surface area contributed by atoms with Crippen LogP contribution in [0, 0.1) is 40.4 Å². The van der Waals surface area contributed by atoms with Gasteiger partial charge in [-0.05, 0) is 37.2 Å². The molecule has 9 nitrogen and oxygen atoms in total. The summed E-state index contributed by atoms with van der Waals surface area (Å²) in [6, 6.07) is 0. The Kier molecular flexibility index (Phi) is 9.95. The Morgan fingerprint density at radius 3 is 2.21 bits per heavy atom. The molecule has 1 aliphatic heterocycles. The molecule has 1 saturated heterocycles. The molecule has 0 radical (unpaired) electrons. The van der Waals surface area contributed by atoms with Crippen LogP contribution in [0.5, 0.6) is 0 Å². The van der Waals surface area contributed by atoms with Crippen molar-refractivity contribution in [1.29, 1.82) is 0 Å². The highest BCUT2D eigenvalue weighted by atomic mass is 16.7. The second-order valence-electron chi connectivity index (χ2n) is 16.7. The van der Waals surface area contributed by atoms with Gasteiger partial charge in [-0.15, -0.1) is 0 Å². The van der Waals surface area contributed by atoms with Crippen molar-refractivity contribution in [3.63, 3.8) is 0 Å². The number of hydrogen-bond acceptors (Lipinski definition) is 9. The molecule has 5 aliphatic rings. The fourth-order valence-electron chi connectivity index (χ4n) is 9.92. The molecule has 1 spiro atoms. The summed E-state index contributed by atoms with van der Waals surface area (Å²) < 4.78 is 18.4. The van der Waals surface area contributed by atoms with Crippen LogP contribution in [0.4, 0.5) is 0 Å². The van der Waals surface area contributed by atoms with Gasteiger partial charge in [0.15, 0.2) is 11.4 Å². The number of hydrogen-bond donors (Lipinski definition) is 3. The summed E-state index contributed by atoms with van der Waals surface area (Å²) in [7, 11) is 0. The van der Waals surface area contributed by atoms with E-state index in [1.54, 1.807) is 19.9 Å². The first-order chi connectivity index (χ1) is 22.0. The third-order valence-electron chi connectivity index (χ3n) is 13.3. The lowest BCUT2D eigenvalue weighted by molar-refractivity contribution is -0.215. The van der Waals surface area contributed by atoms with Crippen molar-refractivity contribution in [2.45, 2.75) is 161 Å². The monoisotopic (exact) mass is 660 g/mol. The van der Waals surface area contributed by atoms with Crippen molar-refractivity contribution in [3.05, 3.63) is 11.6 Å². The Balaban J connectivity index is 1.39. The molecular formula is C38H60O9. The Morgan fingerprint density at radius 1 is 1.02 bits per heavy atom. The van der Waals surface area contributed by atoms with Crippen LogP contribution in [0.1, 0.15) is 126 Å². The molecule has 0 aromatic rings. The molecule has 0 amide bonds. The van der Waals surface area contributed by atoms with Gasteiger partial charge in [0.2, 0.25) is 0 Å². The van der Waals surface area contributed by atoms with E-state index in [1.165, 1.54) is 38.5 Å². The third kappa shape index (κ3) is 5.36. The number of unbranched alkanes of at least 4 members (excludes halogenated alkanes) is 8. The summed E-state index contributed by atoms with van der Waals surface area (Å²) >= 11 is 0. The second-order valence-corrected chi connectivity index (χ2v) is 16.7. The molecule has 0 aromatic heterocycles. The molecule has 4 fully saturated rings. The summed E-state index contributed by atoms with van der Waals surface area (Å²) in [4.78, 5) is 41.4. The second kappa shape index (κ2) is 12.8. The lowest BCUT2D eigenvalue weighted by atomic mass is 9.58. The van der Waals surface area contributed by atoms with E-state index in [9.17, 15) is 29.7 Å². The molecule has 6 unspecified atom stereocenters. The van der Waals surface area contributed by atoms with Gasteiger partial charge in [-0.1, -0.05) is 106 Å². The number of epoxide rings is 1. The molecule has 266 valence electrons. The van der Waals surface area contributed by atoms with E-state index in [0.29, 0.717) is 18.4 Å². The van der Waals surface area contributed by atoms with Crippen LogP contribution in [0.2, 0.25) is 0 Å². The van der Waals surface area contributed by atoms with Gasteiger partial charge in [0, 0.05) is 17.8 Å². The number of aliphatic hydroxyl groups is 3. The van der Waals surface area contributed by atoms with Crippen molar-refractivity contribution in [3.8, 4) is 0 Å². The van der Waals surface area contributed by atoms with Gasteiger partial charge in [0.1, 0.15) is 36.1 Å². The van der Waals surface area contributed by atoms with Gasteiger partial charge < -0.3 is 29.5 Å². The van der Waals surface area contributed by atoms with Crippen LogP contribution in [0.15, 0.2) is 11.6 Å². The van der Waals surface area contributed by atoms with Crippen LogP contribution in [0.25, 0.3) is 0 Å². The predicted molar refractivity (Wildman–Crippen MR) is 176 cm³/mol. The Labute approximate surface area is 281 Å². The SMILES string of the molecule is CCCCCCCCCCCC(=O)O[C@@]12CC(C)C34C=C(C)[C@H](O)[C@@]3(O)[C@H](O)C3(COC(=O)C(C)C(C)C)OC3[C@H](C4=O)C1C2(C)C. The first kappa shape index (κ1) is 36.5. The lowest BCUT2D eigenvalue weighted by Gasteiger charge is -2.49. The summed E-state index contributed by atoms with van der Waals surface area (Å²) in [5.74, 6) is -3.34. The highest BCUT2D eigenvalue weighted by molar-refractivity contribution is 5.95. The van der Waals surface area contributed by atoms with E-state index < -0.39 is 75.6 Å². The minimum atomic E-state index is -2.32. The number of esters is 2. The van der Waals surface area contributed by atoms with Gasteiger partial charge in [-0.25, -0.2) is 0 Å². The Bertz CT molecular complexity index is 1260. The van der Waals surface area contributed by atoms with E-state index >= 15 is 0 Å². The van der Waals surface area contributed by atoms with Gasteiger partial charge >= 0.3 is 11.9 Å². The first-order valence-corrected chi connectivity index (χ1v) is 18.4. The normalized spacial score (nSPS) is 41.5. The summed E-state index contributed by atoms with van der Waals surface area (Å²) in [6.45, 7) is 14.9. The van der Waals surface area contributed by atoms with E-state index in [2.05, 4.69) is 6.92 Å². The number of rotatable bonds is 15. The first-order valence-electron chi connectivity index (χ1n) is 18.4. The van der Waals surface area contributed by atoms with Gasteiger partial charge in [-0.2, -0.15) is 0 Å². The molecule has 1 heterocycles. The minimum absolute atomic E-state index is 0.0224. The summed E-state index contributed by atoms with van der Waals surface area (Å²) in [6.07, 6.45) is 8.35. The van der Waals surface area contributed by atoms with Crippen molar-refractivity contribution in [2.24, 2.45) is 40.4 Å². The van der Waals surface area contributed by atoms with E-state index in [-0.39, 0.29) is 24.3 Å². The van der Waals surface area contributed by atoms with Gasteiger partial charge in [-0.3, -0.25) is 14.4 Å². The lowest BCUT2D eigenvalue weighted by Crippen LogP contribution is -2.68. The van der Waals surface area contributed by atoms with E-state index in [1.807, 2.05) is 34.6 Å². The highest BCUT2D eigenvalue weighted by Gasteiger charge is 2.90.